The van der Waals surface area contributed by atoms with Crippen LogP contribution < -0.4 is 21.3 Å². The van der Waals surface area contributed by atoms with Crippen molar-refractivity contribution in [2.24, 2.45) is 41.4 Å². The van der Waals surface area contributed by atoms with E-state index >= 15 is 4.79 Å². The fraction of sp³-hybridized carbons (Fsp3) is 0.850. The number of nitrogens with one attached hydrogen (secondary N) is 4. The summed E-state index contributed by atoms with van der Waals surface area (Å²) in [7, 11) is 8.94. The third kappa shape index (κ3) is 22.8. The first-order valence-electron chi connectivity index (χ1n) is 30.5. The summed E-state index contributed by atoms with van der Waals surface area (Å²) in [6.45, 7) is 30.5. The van der Waals surface area contributed by atoms with E-state index in [4.69, 9.17) is 9.47 Å². The minimum Gasteiger partial charge on any atom is -0.390 e. The molecule has 23 heteroatoms. The number of hydrogen-bond acceptors (Lipinski definition) is 15. The Kier molecular flexibility index (Phi) is 31.1. The molecule has 0 aromatic carbocycles. The summed E-state index contributed by atoms with van der Waals surface area (Å²) in [5.41, 5.74) is 0. The van der Waals surface area contributed by atoms with Gasteiger partial charge in [0.1, 0.15) is 42.3 Å². The van der Waals surface area contributed by atoms with Gasteiger partial charge in [-0.05, 0) is 107 Å². The zero-order valence-corrected chi connectivity index (χ0v) is 54.6. The first-order chi connectivity index (χ1) is 38.6. The molecule has 0 aromatic heterocycles. The van der Waals surface area contributed by atoms with Crippen LogP contribution in [0.2, 0.25) is 0 Å². The topological polar surface area (TPSA) is 263 Å². The molecule has 23 nitrogen and oxygen atoms in total. The smallest absolute Gasteiger partial charge is 0.390 e. The molecule has 2 rings (SSSR count). The largest absolute Gasteiger partial charge is 0.417 e. The van der Waals surface area contributed by atoms with Gasteiger partial charge in [-0.25, -0.2) is 9.59 Å². The maximum absolute atomic E-state index is 15.2. The van der Waals surface area contributed by atoms with Crippen LogP contribution in [-0.2, 0) is 47.8 Å². The van der Waals surface area contributed by atoms with E-state index in [9.17, 15) is 43.5 Å². The number of likely N-dealkylation sites (N-methyl/N-ethyl adjacent to an activating group) is 5. The molecule has 0 spiro atoms. The molecule has 2 aliphatic rings. The molecule has 11 atom stereocenters. The van der Waals surface area contributed by atoms with Gasteiger partial charge in [0.15, 0.2) is 0 Å². The summed E-state index contributed by atoms with van der Waals surface area (Å²) in [5.74, 6) is -6.66. The summed E-state index contributed by atoms with van der Waals surface area (Å²) in [4.78, 5) is 141. The second kappa shape index (κ2) is 34.9. The Morgan fingerprint density at radius 2 is 1.04 bits per heavy atom. The first kappa shape index (κ1) is 74.1. The molecule has 2 heterocycles. The summed E-state index contributed by atoms with van der Waals surface area (Å²) in [6.07, 6.45) is -1.72. The third-order valence-corrected chi connectivity index (χ3v) is 16.0. The molecule has 8 amide bonds. The van der Waals surface area contributed by atoms with E-state index < -0.39 is 133 Å². The van der Waals surface area contributed by atoms with Crippen molar-refractivity contribution < 1.29 is 57.7 Å². The second-order valence-electron chi connectivity index (χ2n) is 26.0. The van der Waals surface area contributed by atoms with Gasteiger partial charge >= 0.3 is 12.1 Å². The minimum atomic E-state index is -1.58. The van der Waals surface area contributed by atoms with Crippen molar-refractivity contribution >= 4 is 53.4 Å². The highest BCUT2D eigenvalue weighted by molar-refractivity contribution is 5.97. The van der Waals surface area contributed by atoms with Crippen molar-refractivity contribution in [3.05, 3.63) is 0 Å². The molecule has 83 heavy (non-hydrogen) atoms. The Hall–Kier alpha value is -4.97. The Morgan fingerprint density at radius 3 is 1.54 bits per heavy atom. The maximum Gasteiger partial charge on any atom is 0.417 e. The molecular formula is C60H111N11O12. The molecule has 2 aliphatic heterocycles. The fourth-order valence-corrected chi connectivity index (χ4v) is 10.8. The Labute approximate surface area is 497 Å². The lowest BCUT2D eigenvalue weighted by molar-refractivity contribution is -0.154. The van der Waals surface area contributed by atoms with Gasteiger partial charge in [-0.2, -0.15) is 0 Å². The normalized spacial score (nSPS) is 27.3. The molecule has 0 bridgehead atoms. The minimum absolute atomic E-state index is 0.0444. The van der Waals surface area contributed by atoms with Gasteiger partial charge in [-0.3, -0.25) is 53.6 Å². The number of cyclic esters (lactones) is 2. The second-order valence-corrected chi connectivity index (χ2v) is 26.0. The Balaban J connectivity index is 2.92. The summed E-state index contributed by atoms with van der Waals surface area (Å²) in [6, 6.07) is -8.49. The average Bonchev–Trinajstić information content (AvgIpc) is 3.50. The van der Waals surface area contributed by atoms with Crippen LogP contribution in [-0.4, -0.2) is 235 Å². The maximum atomic E-state index is 15.2. The predicted molar refractivity (Wildman–Crippen MR) is 320 cm³/mol. The van der Waals surface area contributed by atoms with Crippen LogP contribution in [0.4, 0.5) is 4.79 Å². The first-order valence-corrected chi connectivity index (χ1v) is 30.5. The van der Waals surface area contributed by atoms with Crippen LogP contribution in [0.3, 0.4) is 0 Å². The van der Waals surface area contributed by atoms with Gasteiger partial charge in [0.25, 0.3) is 0 Å². The number of ether oxygens (including phenoxy) is 2. The molecule has 2 unspecified atom stereocenters. The molecule has 5 N–H and O–H groups in total. The van der Waals surface area contributed by atoms with Crippen molar-refractivity contribution in [2.75, 3.05) is 81.7 Å². The van der Waals surface area contributed by atoms with Crippen molar-refractivity contribution in [3.63, 3.8) is 0 Å². The highest BCUT2D eigenvalue weighted by Gasteiger charge is 2.44. The molecule has 0 saturated carbocycles. The molecule has 0 aliphatic carbocycles. The number of carbonyl (C=O) groups is 9. The SMILES string of the molecule is CC[C@H]1NC(=O)C([C@H](O)[C@H](C)CCN2CCOCC2)N(C)C(=O)C(C(C)C)N(C)C(=O)[C@@H](CC(C)C)NC(=O)[C@@H](CC(C)C)N(C)C(=O)OC(=O)[C@@H](C)N[C@@H](CC(C)C)N(C)[C@@H](CC(C)C)NC(=O)[C@H](CC(C)C)N(C)C(=O)CN(C)C1=O. The fourth-order valence-electron chi connectivity index (χ4n) is 10.8. The number of esters is 1. The molecule has 0 aromatic rings. The average molecular weight is 1180 g/mol. The van der Waals surface area contributed by atoms with E-state index in [0.717, 1.165) is 9.80 Å². The van der Waals surface area contributed by atoms with Gasteiger partial charge in [-0.15, -0.1) is 0 Å². The zero-order chi connectivity index (χ0) is 63.5. The van der Waals surface area contributed by atoms with Gasteiger partial charge in [0.2, 0.25) is 41.4 Å². The van der Waals surface area contributed by atoms with E-state index in [1.54, 1.807) is 34.6 Å². The van der Waals surface area contributed by atoms with Crippen LogP contribution in [0.1, 0.15) is 149 Å². The molecule has 0 radical (unpaired) electrons. The number of aliphatic hydroxyl groups is 1. The molecule has 2 fully saturated rings. The highest BCUT2D eigenvalue weighted by Crippen LogP contribution is 2.24. The third-order valence-electron chi connectivity index (χ3n) is 16.0. The summed E-state index contributed by atoms with van der Waals surface area (Å²) < 4.78 is 11.0. The number of amides is 8. The number of carbonyl (C=O) groups excluding carboxylic acids is 9. The van der Waals surface area contributed by atoms with Gasteiger partial charge < -0.3 is 50.1 Å². The van der Waals surface area contributed by atoms with Crippen LogP contribution in [0, 0.1) is 41.4 Å². The number of rotatable bonds is 17. The summed E-state index contributed by atoms with van der Waals surface area (Å²) >= 11 is 0. The Morgan fingerprint density at radius 1 is 0.554 bits per heavy atom. The molecule has 2 saturated heterocycles. The van der Waals surface area contributed by atoms with Crippen molar-refractivity contribution in [1.82, 2.24) is 55.6 Å². The standard InChI is InChI=1S/C60H111N11O12/c1-22-43-56(77)65(16)34-49(72)66(17)45(30-36(4)5)54(75)64-48(33-39(10)11)68(19)47(32-38(8)9)61-42(15)59(80)83-60(81)67(18)46(31-37(6)7)53(74)63-44(29-35(2)3)57(78)69(20)50(40(12)13)58(79)70(21)51(55(76)62-43)52(73)41(14)23-24-71-25-27-82-28-26-71/h35-48,50-52,61,73H,22-34H2,1-21H3,(H,62,76)(H,63,74)(H,64,75)/t41-,42-,43-,44-,45+,46-,47-,48+,50?,51?,52-/m1/s1. The highest BCUT2D eigenvalue weighted by atomic mass is 16.6. The van der Waals surface area contributed by atoms with E-state index in [0.29, 0.717) is 52.1 Å². The predicted octanol–water partition coefficient (Wildman–Crippen LogP) is 3.57. The quantitative estimate of drug-likeness (QED) is 0.103. The lowest BCUT2D eigenvalue weighted by Gasteiger charge is -2.40. The molecule has 478 valence electrons. The van der Waals surface area contributed by atoms with Crippen molar-refractivity contribution in [3.8, 4) is 0 Å². The van der Waals surface area contributed by atoms with E-state index in [1.807, 2.05) is 81.2 Å². The van der Waals surface area contributed by atoms with Crippen molar-refractivity contribution in [2.45, 2.75) is 210 Å². The zero-order valence-electron chi connectivity index (χ0n) is 54.6. The monoisotopic (exact) mass is 1180 g/mol. The van der Waals surface area contributed by atoms with Crippen LogP contribution in [0.5, 0.6) is 0 Å². The lowest BCUT2D eigenvalue weighted by atomic mass is 9.91. The summed E-state index contributed by atoms with van der Waals surface area (Å²) in [5, 5.41) is 24.5. The van der Waals surface area contributed by atoms with Crippen LogP contribution in [0.15, 0.2) is 0 Å². The van der Waals surface area contributed by atoms with E-state index in [1.165, 1.54) is 49.9 Å². The number of hydrogen-bond donors (Lipinski definition) is 5. The van der Waals surface area contributed by atoms with E-state index in [2.05, 4.69) is 26.2 Å². The Bertz CT molecular complexity index is 2120. The van der Waals surface area contributed by atoms with Crippen LogP contribution >= 0.6 is 0 Å². The van der Waals surface area contributed by atoms with Gasteiger partial charge in [0, 0.05) is 48.3 Å². The van der Waals surface area contributed by atoms with Gasteiger partial charge in [-0.1, -0.05) is 96.9 Å². The van der Waals surface area contributed by atoms with Gasteiger partial charge in [0.05, 0.1) is 38.2 Å². The van der Waals surface area contributed by atoms with E-state index in [-0.39, 0.29) is 55.3 Å². The van der Waals surface area contributed by atoms with Crippen molar-refractivity contribution in [1.29, 1.82) is 0 Å². The number of morpholine rings is 1. The number of nitrogens with zero attached hydrogens (tertiary/aromatic N) is 7. The van der Waals surface area contributed by atoms with Crippen LogP contribution in [0.25, 0.3) is 0 Å². The number of aliphatic hydroxyl groups excluding tert-OH is 1. The molecular weight excluding hydrogens is 1070 g/mol. The lowest BCUT2D eigenvalue weighted by Crippen LogP contribution is -2.63.